The third-order valence-corrected chi connectivity index (χ3v) is 3.77. The Hall–Kier alpha value is -2.38. The molecular formula is C14H19N5O3. The number of aromatic nitrogens is 4. The van der Waals surface area contributed by atoms with Crippen LogP contribution >= 0.6 is 0 Å². The van der Waals surface area contributed by atoms with Crippen LogP contribution in [0.5, 0.6) is 0 Å². The lowest BCUT2D eigenvalue weighted by molar-refractivity contribution is 0.0523. The average Bonchev–Trinajstić information content (AvgIpc) is 2.98. The van der Waals surface area contributed by atoms with E-state index >= 15 is 0 Å². The van der Waals surface area contributed by atoms with Gasteiger partial charge in [-0.05, 0) is 26.2 Å². The summed E-state index contributed by atoms with van der Waals surface area (Å²) in [7, 11) is 1.73. The summed E-state index contributed by atoms with van der Waals surface area (Å²) in [4.78, 5) is 30.8. The highest BCUT2D eigenvalue weighted by Gasteiger charge is 2.21. The van der Waals surface area contributed by atoms with Gasteiger partial charge in [0.05, 0.1) is 6.61 Å². The van der Waals surface area contributed by atoms with Crippen LogP contribution in [0.25, 0.3) is 5.78 Å². The van der Waals surface area contributed by atoms with Gasteiger partial charge >= 0.3 is 5.97 Å². The van der Waals surface area contributed by atoms with Crippen LogP contribution in [-0.2, 0) is 11.8 Å². The van der Waals surface area contributed by atoms with Crippen LogP contribution in [0.4, 0.5) is 5.95 Å². The van der Waals surface area contributed by atoms with Crippen molar-refractivity contribution >= 4 is 17.7 Å². The van der Waals surface area contributed by atoms with E-state index in [1.54, 1.807) is 18.5 Å². The number of rotatable bonds is 3. The molecule has 8 heteroatoms. The molecule has 0 aromatic carbocycles. The maximum absolute atomic E-state index is 12.4. The van der Waals surface area contributed by atoms with E-state index in [0.717, 1.165) is 25.9 Å². The lowest BCUT2D eigenvalue weighted by atomic mass is 10.1. The summed E-state index contributed by atoms with van der Waals surface area (Å²) in [6.07, 6.45) is 4.85. The zero-order valence-electron chi connectivity index (χ0n) is 12.8. The molecule has 3 heterocycles. The highest BCUT2D eigenvalue weighted by Crippen LogP contribution is 2.16. The van der Waals surface area contributed by atoms with Gasteiger partial charge < -0.3 is 14.2 Å². The Morgan fingerprint density at radius 3 is 2.73 bits per heavy atom. The van der Waals surface area contributed by atoms with E-state index in [1.165, 1.54) is 17.1 Å². The summed E-state index contributed by atoms with van der Waals surface area (Å²) in [6, 6.07) is 0. The molecule has 0 unspecified atom stereocenters. The fourth-order valence-electron chi connectivity index (χ4n) is 2.66. The molecule has 0 saturated carbocycles. The Labute approximate surface area is 127 Å². The first-order valence-corrected chi connectivity index (χ1v) is 7.50. The first-order valence-electron chi connectivity index (χ1n) is 7.50. The molecule has 0 aliphatic carbocycles. The van der Waals surface area contributed by atoms with Gasteiger partial charge in [-0.2, -0.15) is 9.50 Å². The molecule has 0 amide bonds. The average molecular weight is 305 g/mol. The van der Waals surface area contributed by atoms with Gasteiger partial charge in [0.15, 0.2) is 0 Å². The van der Waals surface area contributed by atoms with E-state index in [1.807, 2.05) is 0 Å². The van der Waals surface area contributed by atoms with E-state index in [-0.39, 0.29) is 12.2 Å². The zero-order chi connectivity index (χ0) is 15.7. The largest absolute Gasteiger partial charge is 0.462 e. The van der Waals surface area contributed by atoms with Crippen LogP contribution in [0.3, 0.4) is 0 Å². The number of carbonyl (C=O) groups excluding carboxylic acids is 1. The molecule has 0 spiro atoms. The van der Waals surface area contributed by atoms with Gasteiger partial charge in [0, 0.05) is 26.3 Å². The van der Waals surface area contributed by atoms with E-state index in [2.05, 4.69) is 15.0 Å². The van der Waals surface area contributed by atoms with Gasteiger partial charge in [0.25, 0.3) is 5.56 Å². The van der Waals surface area contributed by atoms with Crippen LogP contribution in [-0.4, -0.2) is 44.8 Å². The normalized spacial score (nSPS) is 15.3. The number of ether oxygens (including phenoxy) is 1. The quantitative estimate of drug-likeness (QED) is 0.772. The fourth-order valence-corrected chi connectivity index (χ4v) is 2.66. The predicted octanol–water partition coefficient (Wildman–Crippen LogP) is 0.595. The molecule has 1 aliphatic heterocycles. The Kier molecular flexibility index (Phi) is 3.82. The number of hydrogen-bond donors (Lipinski definition) is 0. The first kappa shape index (κ1) is 14.6. The van der Waals surface area contributed by atoms with Crippen molar-refractivity contribution in [2.75, 3.05) is 24.6 Å². The highest BCUT2D eigenvalue weighted by molar-refractivity contribution is 5.88. The van der Waals surface area contributed by atoms with Crippen LogP contribution in [0.1, 0.15) is 36.5 Å². The molecular weight excluding hydrogens is 286 g/mol. The first-order chi connectivity index (χ1) is 10.6. The number of anilines is 1. The van der Waals surface area contributed by atoms with Crippen molar-refractivity contribution in [1.82, 2.24) is 19.2 Å². The number of piperidine rings is 1. The summed E-state index contributed by atoms with van der Waals surface area (Å²) >= 11 is 0. The molecule has 0 N–H and O–H groups in total. The van der Waals surface area contributed by atoms with Crippen LogP contribution in [0.2, 0.25) is 0 Å². The third kappa shape index (κ3) is 2.44. The standard InChI is InChI=1S/C14H19N5O3/c1-3-22-12(21)10-9-17(2)14-15-13(16-19(14)11(10)20)18-7-5-4-6-8-18/h9H,3-8H2,1-2H3. The summed E-state index contributed by atoms with van der Waals surface area (Å²) in [6.45, 7) is 3.69. The molecule has 0 bridgehead atoms. The van der Waals surface area contributed by atoms with E-state index in [0.29, 0.717) is 11.7 Å². The number of hydrogen-bond acceptors (Lipinski definition) is 6. The molecule has 0 atom stereocenters. The molecule has 3 rings (SSSR count). The number of fused-ring (bicyclic) bond motifs is 1. The van der Waals surface area contributed by atoms with Crippen molar-refractivity contribution in [3.63, 3.8) is 0 Å². The minimum atomic E-state index is -0.639. The van der Waals surface area contributed by atoms with Crippen molar-refractivity contribution in [3.8, 4) is 0 Å². The summed E-state index contributed by atoms with van der Waals surface area (Å²) in [5.74, 6) is 0.312. The van der Waals surface area contributed by atoms with Crippen molar-refractivity contribution in [2.24, 2.45) is 7.05 Å². The molecule has 0 radical (unpaired) electrons. The lowest BCUT2D eigenvalue weighted by Crippen LogP contribution is -2.30. The zero-order valence-corrected chi connectivity index (χ0v) is 12.8. The Bertz CT molecular complexity index is 758. The Morgan fingerprint density at radius 2 is 2.05 bits per heavy atom. The maximum atomic E-state index is 12.4. The van der Waals surface area contributed by atoms with Crippen LogP contribution in [0.15, 0.2) is 11.0 Å². The van der Waals surface area contributed by atoms with Gasteiger partial charge in [-0.1, -0.05) is 0 Å². The van der Waals surface area contributed by atoms with Gasteiger partial charge in [0.1, 0.15) is 5.56 Å². The van der Waals surface area contributed by atoms with Gasteiger partial charge in [-0.25, -0.2) is 4.79 Å². The second kappa shape index (κ2) is 5.78. The minimum absolute atomic E-state index is 0.0352. The monoisotopic (exact) mass is 305 g/mol. The number of aryl methyl sites for hydroxylation is 1. The number of carbonyl (C=O) groups is 1. The van der Waals surface area contributed by atoms with Crippen LogP contribution in [0, 0.1) is 0 Å². The molecule has 2 aromatic rings. The van der Waals surface area contributed by atoms with Crippen LogP contribution < -0.4 is 10.5 Å². The topological polar surface area (TPSA) is 81.7 Å². The second-order valence-corrected chi connectivity index (χ2v) is 5.35. The van der Waals surface area contributed by atoms with Crippen molar-refractivity contribution < 1.29 is 9.53 Å². The molecule has 22 heavy (non-hydrogen) atoms. The van der Waals surface area contributed by atoms with Crippen molar-refractivity contribution in [3.05, 3.63) is 22.1 Å². The molecule has 1 saturated heterocycles. The number of nitrogens with zero attached hydrogens (tertiary/aromatic N) is 5. The third-order valence-electron chi connectivity index (χ3n) is 3.77. The van der Waals surface area contributed by atoms with Crippen molar-refractivity contribution in [2.45, 2.75) is 26.2 Å². The Morgan fingerprint density at radius 1 is 1.32 bits per heavy atom. The van der Waals surface area contributed by atoms with E-state index in [9.17, 15) is 9.59 Å². The minimum Gasteiger partial charge on any atom is -0.462 e. The summed E-state index contributed by atoms with van der Waals surface area (Å²) < 4.78 is 7.71. The van der Waals surface area contributed by atoms with E-state index in [4.69, 9.17) is 4.74 Å². The highest BCUT2D eigenvalue weighted by atomic mass is 16.5. The maximum Gasteiger partial charge on any atom is 0.345 e. The molecule has 118 valence electrons. The molecule has 2 aromatic heterocycles. The van der Waals surface area contributed by atoms with E-state index < -0.39 is 11.5 Å². The SMILES string of the molecule is CCOC(=O)c1cn(C)c2nc(N3CCCCC3)nn2c1=O. The molecule has 1 fully saturated rings. The van der Waals surface area contributed by atoms with Crippen molar-refractivity contribution in [1.29, 1.82) is 0 Å². The predicted molar refractivity (Wildman–Crippen MR) is 80.2 cm³/mol. The Balaban J connectivity index is 2.07. The smallest absolute Gasteiger partial charge is 0.345 e. The van der Waals surface area contributed by atoms with Gasteiger partial charge in [0.2, 0.25) is 11.7 Å². The number of esters is 1. The second-order valence-electron chi connectivity index (χ2n) is 5.35. The summed E-state index contributed by atoms with van der Waals surface area (Å²) in [5.41, 5.74) is -0.533. The van der Waals surface area contributed by atoms with Gasteiger partial charge in [-0.15, -0.1) is 5.10 Å². The molecule has 8 nitrogen and oxygen atoms in total. The fraction of sp³-hybridized carbons (Fsp3) is 0.571. The molecule has 1 aliphatic rings. The lowest BCUT2D eigenvalue weighted by Gasteiger charge is -2.24. The van der Waals surface area contributed by atoms with Gasteiger partial charge in [-0.3, -0.25) is 4.79 Å². The summed E-state index contributed by atoms with van der Waals surface area (Å²) in [5, 5.41) is 4.29.